The Labute approximate surface area is 141 Å². The van der Waals surface area contributed by atoms with E-state index in [4.69, 9.17) is 16.3 Å². The quantitative estimate of drug-likeness (QED) is 0.656. The van der Waals surface area contributed by atoms with E-state index in [0.717, 1.165) is 11.3 Å². The van der Waals surface area contributed by atoms with E-state index in [1.807, 2.05) is 18.2 Å². The number of tetrazole rings is 1. The van der Waals surface area contributed by atoms with Crippen molar-refractivity contribution in [3.05, 3.63) is 58.9 Å². The molecule has 0 aliphatic carbocycles. The monoisotopic (exact) mass is 350 g/mol. The molecule has 0 N–H and O–H groups in total. The number of benzene rings is 2. The molecule has 8 heteroatoms. The van der Waals surface area contributed by atoms with Crippen LogP contribution < -0.4 is 4.74 Å². The van der Waals surface area contributed by atoms with Gasteiger partial charge in [0.25, 0.3) is 0 Å². The lowest BCUT2D eigenvalue weighted by Crippen LogP contribution is -1.99. The van der Waals surface area contributed by atoms with Gasteiger partial charge in [-0.2, -0.15) is 4.68 Å². The highest BCUT2D eigenvalue weighted by Gasteiger charge is 2.10. The van der Waals surface area contributed by atoms with Crippen LogP contribution in [0.2, 0.25) is 5.02 Å². The van der Waals surface area contributed by atoms with E-state index < -0.39 is 0 Å². The Balaban J connectivity index is 1.76. The average molecular weight is 351 g/mol. The Hall–Kier alpha value is -2.12. The van der Waals surface area contributed by atoms with Crippen LogP contribution in [-0.4, -0.2) is 27.3 Å². The molecule has 2 aromatic carbocycles. The van der Waals surface area contributed by atoms with E-state index in [1.165, 1.54) is 24.9 Å². The lowest BCUT2D eigenvalue weighted by atomic mass is 10.2. The fourth-order valence-electron chi connectivity index (χ4n) is 1.96. The van der Waals surface area contributed by atoms with Crippen molar-refractivity contribution in [2.75, 3.05) is 7.11 Å². The summed E-state index contributed by atoms with van der Waals surface area (Å²) in [5.74, 6) is 0.377. The third-order valence-corrected chi connectivity index (χ3v) is 4.34. The van der Waals surface area contributed by atoms with Crippen LogP contribution in [0.25, 0.3) is 5.69 Å². The summed E-state index contributed by atoms with van der Waals surface area (Å²) in [5, 5.41) is 12.9. The van der Waals surface area contributed by atoms with Gasteiger partial charge in [0, 0.05) is 10.8 Å². The van der Waals surface area contributed by atoms with Gasteiger partial charge < -0.3 is 4.74 Å². The van der Waals surface area contributed by atoms with E-state index in [-0.39, 0.29) is 11.6 Å². The Kier molecular flexibility index (Phi) is 4.78. The van der Waals surface area contributed by atoms with Gasteiger partial charge in [0.05, 0.1) is 12.8 Å². The molecule has 0 atom stereocenters. The minimum absolute atomic E-state index is 0.227. The van der Waals surface area contributed by atoms with Crippen LogP contribution >= 0.6 is 23.4 Å². The van der Waals surface area contributed by atoms with E-state index in [1.54, 1.807) is 22.9 Å². The highest BCUT2D eigenvalue weighted by atomic mass is 35.5. The van der Waals surface area contributed by atoms with Crippen LogP contribution in [-0.2, 0) is 5.75 Å². The van der Waals surface area contributed by atoms with Crippen molar-refractivity contribution in [2.45, 2.75) is 10.9 Å². The molecule has 0 radical (unpaired) electrons. The topological polar surface area (TPSA) is 52.8 Å². The molecule has 0 fully saturated rings. The second-order valence-electron chi connectivity index (χ2n) is 4.61. The van der Waals surface area contributed by atoms with Crippen molar-refractivity contribution in [3.8, 4) is 11.4 Å². The van der Waals surface area contributed by atoms with E-state index in [2.05, 4.69) is 15.5 Å². The molecule has 0 aliphatic heterocycles. The summed E-state index contributed by atoms with van der Waals surface area (Å²) in [6.45, 7) is 0. The molecule has 23 heavy (non-hydrogen) atoms. The zero-order valence-corrected chi connectivity index (χ0v) is 13.7. The second kappa shape index (κ2) is 6.97. The molecule has 3 rings (SSSR count). The van der Waals surface area contributed by atoms with Crippen LogP contribution in [0.4, 0.5) is 4.39 Å². The largest absolute Gasteiger partial charge is 0.494 e. The van der Waals surface area contributed by atoms with Gasteiger partial charge in [-0.15, -0.1) is 5.10 Å². The first kappa shape index (κ1) is 15.8. The third-order valence-electron chi connectivity index (χ3n) is 3.10. The molecule has 118 valence electrons. The summed E-state index contributed by atoms with van der Waals surface area (Å²) in [4.78, 5) is 0. The molecule has 3 aromatic rings. The van der Waals surface area contributed by atoms with Crippen molar-refractivity contribution in [3.63, 3.8) is 0 Å². The van der Waals surface area contributed by atoms with Gasteiger partial charge in [-0.25, -0.2) is 4.39 Å². The minimum atomic E-state index is -0.386. The first-order chi connectivity index (χ1) is 11.2. The van der Waals surface area contributed by atoms with Crippen LogP contribution in [0, 0.1) is 5.82 Å². The number of rotatable bonds is 5. The maximum Gasteiger partial charge on any atom is 0.214 e. The summed E-state index contributed by atoms with van der Waals surface area (Å²) < 4.78 is 20.2. The first-order valence-electron chi connectivity index (χ1n) is 6.67. The first-order valence-corrected chi connectivity index (χ1v) is 8.03. The smallest absolute Gasteiger partial charge is 0.214 e. The van der Waals surface area contributed by atoms with Crippen LogP contribution in [0.15, 0.2) is 47.6 Å². The van der Waals surface area contributed by atoms with Crippen molar-refractivity contribution < 1.29 is 9.13 Å². The molecule has 0 spiro atoms. The molecule has 1 aromatic heterocycles. The second-order valence-corrected chi connectivity index (χ2v) is 5.99. The molecular formula is C15H12ClFN4OS. The number of halogens is 2. The molecule has 1 heterocycles. The number of hydrogen-bond acceptors (Lipinski definition) is 5. The summed E-state index contributed by atoms with van der Waals surface area (Å²) in [7, 11) is 1.44. The molecular weight excluding hydrogens is 339 g/mol. The van der Waals surface area contributed by atoms with E-state index >= 15 is 0 Å². The molecule has 0 unspecified atom stereocenters. The van der Waals surface area contributed by atoms with Gasteiger partial charge in [0.2, 0.25) is 5.16 Å². The number of aromatic nitrogens is 4. The van der Waals surface area contributed by atoms with Crippen LogP contribution in [0.5, 0.6) is 5.75 Å². The molecule has 0 saturated heterocycles. The predicted molar refractivity (Wildman–Crippen MR) is 86.7 cm³/mol. The molecule has 0 bridgehead atoms. The fraction of sp³-hybridized carbons (Fsp3) is 0.133. The van der Waals surface area contributed by atoms with Gasteiger partial charge in [-0.05, 0) is 52.4 Å². The van der Waals surface area contributed by atoms with Crippen LogP contribution in [0.3, 0.4) is 0 Å². The maximum absolute atomic E-state index is 13.7. The van der Waals surface area contributed by atoms with Crippen LogP contribution in [0.1, 0.15) is 5.56 Å². The van der Waals surface area contributed by atoms with E-state index in [9.17, 15) is 4.39 Å². The molecule has 0 saturated carbocycles. The molecule has 0 aliphatic rings. The normalized spacial score (nSPS) is 10.7. The number of ether oxygens (including phenoxy) is 1. The number of thioether (sulfide) groups is 1. The van der Waals surface area contributed by atoms with Crippen molar-refractivity contribution in [1.82, 2.24) is 20.2 Å². The van der Waals surface area contributed by atoms with Gasteiger partial charge in [-0.3, -0.25) is 0 Å². The van der Waals surface area contributed by atoms with Gasteiger partial charge in [-0.1, -0.05) is 29.4 Å². The number of hydrogen-bond donors (Lipinski definition) is 0. The Morgan fingerprint density at radius 1 is 1.22 bits per heavy atom. The zero-order chi connectivity index (χ0) is 16.2. The summed E-state index contributed by atoms with van der Waals surface area (Å²) >= 11 is 7.30. The standard InChI is InChI=1S/C15H12ClFN4OS/c1-22-14-7-2-10(8-13(14)17)9-23-15-18-19-20-21(15)12-5-3-11(16)4-6-12/h2-8H,9H2,1H3. The molecule has 0 amide bonds. The lowest BCUT2D eigenvalue weighted by molar-refractivity contribution is 0.386. The third kappa shape index (κ3) is 3.62. The number of methoxy groups -OCH3 is 1. The minimum Gasteiger partial charge on any atom is -0.494 e. The van der Waals surface area contributed by atoms with Crippen molar-refractivity contribution in [2.24, 2.45) is 0 Å². The van der Waals surface area contributed by atoms with Gasteiger partial charge in [0.1, 0.15) is 0 Å². The maximum atomic E-state index is 13.7. The average Bonchev–Trinajstić information content (AvgIpc) is 3.02. The summed E-state index contributed by atoms with van der Waals surface area (Å²) in [6.07, 6.45) is 0. The van der Waals surface area contributed by atoms with Gasteiger partial charge >= 0.3 is 0 Å². The van der Waals surface area contributed by atoms with E-state index in [0.29, 0.717) is 15.9 Å². The van der Waals surface area contributed by atoms with Crippen molar-refractivity contribution in [1.29, 1.82) is 0 Å². The Bertz CT molecular complexity index is 809. The SMILES string of the molecule is COc1ccc(CSc2nnnn2-c2ccc(Cl)cc2)cc1F. The highest BCUT2D eigenvalue weighted by Crippen LogP contribution is 2.25. The Morgan fingerprint density at radius 3 is 2.70 bits per heavy atom. The fourth-order valence-corrected chi connectivity index (χ4v) is 2.92. The summed E-state index contributed by atoms with van der Waals surface area (Å²) in [5.41, 5.74) is 1.63. The summed E-state index contributed by atoms with van der Waals surface area (Å²) in [6, 6.07) is 12.1. The van der Waals surface area contributed by atoms with Gasteiger partial charge in [0.15, 0.2) is 11.6 Å². The Morgan fingerprint density at radius 2 is 2.00 bits per heavy atom. The zero-order valence-electron chi connectivity index (χ0n) is 12.1. The number of nitrogens with zero attached hydrogens (tertiary/aromatic N) is 4. The lowest BCUT2D eigenvalue weighted by Gasteiger charge is -2.06. The highest BCUT2D eigenvalue weighted by molar-refractivity contribution is 7.98. The molecule has 5 nitrogen and oxygen atoms in total. The predicted octanol–water partition coefficient (Wildman–Crippen LogP) is 3.76. The van der Waals surface area contributed by atoms with Crippen molar-refractivity contribution >= 4 is 23.4 Å².